The molecule has 6 nitrogen and oxygen atoms in total. The van der Waals surface area contributed by atoms with E-state index in [4.69, 9.17) is 26.2 Å². The van der Waals surface area contributed by atoms with Gasteiger partial charge in [-0.2, -0.15) is 13.2 Å². The fraction of sp³-hybridized carbons (Fsp3) is 0.294. The summed E-state index contributed by atoms with van der Waals surface area (Å²) >= 11 is 5.88. The van der Waals surface area contributed by atoms with Crippen molar-refractivity contribution in [3.63, 3.8) is 0 Å². The van der Waals surface area contributed by atoms with Crippen LogP contribution in [0.5, 0.6) is 5.75 Å². The van der Waals surface area contributed by atoms with E-state index in [9.17, 15) is 18.0 Å². The summed E-state index contributed by atoms with van der Waals surface area (Å²) in [5.74, 6) is 0.482. The van der Waals surface area contributed by atoms with Crippen molar-refractivity contribution in [3.8, 4) is 5.75 Å². The largest absolute Gasteiger partial charge is 0.487 e. The Hall–Kier alpha value is -2.52. The maximum Gasteiger partial charge on any atom is 0.416 e. The number of halogens is 4. The van der Waals surface area contributed by atoms with Crippen LogP contribution in [0.15, 0.2) is 36.5 Å². The molecule has 0 spiro atoms. The smallest absolute Gasteiger partial charge is 0.416 e. The summed E-state index contributed by atoms with van der Waals surface area (Å²) in [6.45, 7) is -0.548. The predicted octanol–water partition coefficient (Wildman–Crippen LogP) is 3.65. The number of aliphatic hydroxyl groups is 1. The van der Waals surface area contributed by atoms with E-state index < -0.39 is 30.5 Å². The zero-order valence-corrected chi connectivity index (χ0v) is 14.5. The summed E-state index contributed by atoms with van der Waals surface area (Å²) < 4.78 is 49.5. The highest BCUT2D eigenvalue weighted by atomic mass is 35.5. The summed E-state index contributed by atoms with van der Waals surface area (Å²) in [6.07, 6.45) is -4.54. The van der Waals surface area contributed by atoms with Gasteiger partial charge >= 0.3 is 12.3 Å². The van der Waals surface area contributed by atoms with Crippen molar-refractivity contribution in [1.82, 2.24) is 4.98 Å². The summed E-state index contributed by atoms with van der Waals surface area (Å²) in [4.78, 5) is 17.0. The summed E-state index contributed by atoms with van der Waals surface area (Å²) in [5, 5.41) is 8.99. The van der Waals surface area contributed by atoms with Gasteiger partial charge in [0.05, 0.1) is 24.9 Å². The number of amides is 1. The van der Waals surface area contributed by atoms with E-state index in [1.54, 1.807) is 0 Å². The van der Waals surface area contributed by atoms with E-state index in [1.165, 1.54) is 35.4 Å². The average molecular weight is 403 g/mol. The maximum atomic E-state index is 13.1. The van der Waals surface area contributed by atoms with E-state index in [2.05, 4.69) is 4.98 Å². The number of ether oxygens (including phenoxy) is 2. The molecule has 27 heavy (non-hydrogen) atoms. The first-order chi connectivity index (χ1) is 12.8. The SMILES string of the molecule is O=C1OC(CO)CN1c1ccc(OCc2c(Cl)cccc2C(F)(F)F)cn1. The van der Waals surface area contributed by atoms with E-state index in [1.807, 2.05) is 0 Å². The van der Waals surface area contributed by atoms with Crippen LogP contribution in [0.25, 0.3) is 0 Å². The fourth-order valence-electron chi connectivity index (χ4n) is 2.55. The molecule has 1 amide bonds. The normalized spacial score (nSPS) is 17.1. The monoisotopic (exact) mass is 402 g/mol. The second kappa shape index (κ2) is 7.61. The average Bonchev–Trinajstić information content (AvgIpc) is 3.01. The molecule has 2 heterocycles. The molecule has 1 fully saturated rings. The second-order valence-corrected chi connectivity index (χ2v) is 6.11. The number of hydrogen-bond acceptors (Lipinski definition) is 5. The molecule has 1 aliphatic rings. The zero-order chi connectivity index (χ0) is 19.6. The molecule has 1 atom stereocenters. The first-order valence-corrected chi connectivity index (χ1v) is 8.20. The quantitative estimate of drug-likeness (QED) is 0.826. The lowest BCUT2D eigenvalue weighted by molar-refractivity contribution is -0.138. The molecule has 3 rings (SSSR count). The molecule has 0 radical (unpaired) electrons. The number of anilines is 1. The van der Waals surface area contributed by atoms with Gasteiger partial charge in [0, 0.05) is 10.6 Å². The number of hydrogen-bond donors (Lipinski definition) is 1. The number of alkyl halides is 3. The van der Waals surface area contributed by atoms with Crippen LogP contribution in [-0.2, 0) is 17.5 Å². The van der Waals surface area contributed by atoms with E-state index in [0.717, 1.165) is 6.07 Å². The molecule has 0 aliphatic carbocycles. The first-order valence-electron chi connectivity index (χ1n) is 7.82. The molecule has 0 bridgehead atoms. The number of cyclic esters (lactones) is 1. The lowest BCUT2D eigenvalue weighted by atomic mass is 10.1. The lowest BCUT2D eigenvalue weighted by Gasteiger charge is -2.15. The van der Waals surface area contributed by atoms with Gasteiger partial charge in [0.15, 0.2) is 0 Å². The van der Waals surface area contributed by atoms with E-state index >= 15 is 0 Å². The number of carbonyl (C=O) groups is 1. The molecule has 1 aromatic carbocycles. The molecule has 10 heteroatoms. The molecule has 2 aromatic rings. The summed E-state index contributed by atoms with van der Waals surface area (Å²) in [5.41, 5.74) is -1.04. The topological polar surface area (TPSA) is 71.9 Å². The van der Waals surface area contributed by atoms with Gasteiger partial charge in [0.25, 0.3) is 0 Å². The Kier molecular flexibility index (Phi) is 5.43. The van der Waals surface area contributed by atoms with Crippen LogP contribution in [0.1, 0.15) is 11.1 Å². The number of aliphatic hydroxyl groups excluding tert-OH is 1. The molecule has 1 unspecified atom stereocenters. The van der Waals surface area contributed by atoms with Crippen LogP contribution in [0, 0.1) is 0 Å². The molecule has 0 saturated carbocycles. The van der Waals surface area contributed by atoms with Crippen LogP contribution < -0.4 is 9.64 Å². The standard InChI is InChI=1S/C17H14ClF3N2O4/c18-14-3-1-2-13(17(19,20)21)12(14)9-26-10-4-5-15(22-6-10)23-7-11(8-24)27-16(23)25/h1-6,11,24H,7-9H2. The minimum Gasteiger partial charge on any atom is -0.487 e. The summed E-state index contributed by atoms with van der Waals surface area (Å²) in [7, 11) is 0. The van der Waals surface area contributed by atoms with E-state index in [0.29, 0.717) is 0 Å². The highest BCUT2D eigenvalue weighted by Gasteiger charge is 2.34. The molecule has 1 N–H and O–H groups in total. The molecule has 1 saturated heterocycles. The molecule has 1 aliphatic heterocycles. The number of nitrogens with zero attached hydrogens (tertiary/aromatic N) is 2. The van der Waals surface area contributed by atoms with Gasteiger partial charge in [0.1, 0.15) is 24.3 Å². The number of pyridine rings is 1. The van der Waals surface area contributed by atoms with Gasteiger partial charge in [-0.1, -0.05) is 17.7 Å². The second-order valence-electron chi connectivity index (χ2n) is 5.70. The number of aromatic nitrogens is 1. The molecular formula is C17H14ClF3N2O4. The highest BCUT2D eigenvalue weighted by Crippen LogP contribution is 2.35. The van der Waals surface area contributed by atoms with Crippen LogP contribution in [-0.4, -0.2) is 35.4 Å². The molecule has 144 valence electrons. The van der Waals surface area contributed by atoms with Crippen LogP contribution >= 0.6 is 11.6 Å². The van der Waals surface area contributed by atoms with Gasteiger partial charge in [-0.05, 0) is 24.3 Å². The van der Waals surface area contributed by atoms with Gasteiger partial charge in [-0.3, -0.25) is 4.90 Å². The third kappa shape index (κ3) is 4.25. The Bertz CT molecular complexity index is 830. The third-order valence-electron chi connectivity index (χ3n) is 3.88. The van der Waals surface area contributed by atoms with Crippen LogP contribution in [0.4, 0.5) is 23.8 Å². The Balaban J connectivity index is 1.71. The zero-order valence-electron chi connectivity index (χ0n) is 13.7. The Labute approximate surface area is 157 Å². The van der Waals surface area contributed by atoms with Crippen molar-refractivity contribution in [2.24, 2.45) is 0 Å². The minimum absolute atomic E-state index is 0.0516. The van der Waals surface area contributed by atoms with Crippen molar-refractivity contribution >= 4 is 23.5 Å². The van der Waals surface area contributed by atoms with Crippen molar-refractivity contribution in [1.29, 1.82) is 0 Å². The third-order valence-corrected chi connectivity index (χ3v) is 4.24. The van der Waals surface area contributed by atoms with Gasteiger partial charge in [-0.15, -0.1) is 0 Å². The van der Waals surface area contributed by atoms with Gasteiger partial charge in [0.2, 0.25) is 0 Å². The van der Waals surface area contributed by atoms with Crippen molar-refractivity contribution in [2.45, 2.75) is 18.9 Å². The first kappa shape index (κ1) is 19.2. The van der Waals surface area contributed by atoms with Crippen LogP contribution in [0.3, 0.4) is 0 Å². The Morgan fingerprint density at radius 1 is 1.33 bits per heavy atom. The van der Waals surface area contributed by atoms with Crippen LogP contribution in [0.2, 0.25) is 5.02 Å². The van der Waals surface area contributed by atoms with Crippen molar-refractivity contribution in [2.75, 3.05) is 18.1 Å². The number of rotatable bonds is 5. The Morgan fingerprint density at radius 3 is 2.70 bits per heavy atom. The van der Waals surface area contributed by atoms with Gasteiger partial charge in [-0.25, -0.2) is 9.78 Å². The Morgan fingerprint density at radius 2 is 2.11 bits per heavy atom. The fourth-order valence-corrected chi connectivity index (χ4v) is 2.78. The lowest BCUT2D eigenvalue weighted by Crippen LogP contribution is -2.26. The predicted molar refractivity (Wildman–Crippen MR) is 89.7 cm³/mol. The molecular weight excluding hydrogens is 389 g/mol. The maximum absolute atomic E-state index is 13.1. The number of benzene rings is 1. The van der Waals surface area contributed by atoms with Gasteiger partial charge < -0.3 is 14.6 Å². The van der Waals surface area contributed by atoms with Crippen molar-refractivity contribution < 1.29 is 32.5 Å². The minimum atomic E-state index is -4.55. The van der Waals surface area contributed by atoms with E-state index in [-0.39, 0.29) is 35.3 Å². The van der Waals surface area contributed by atoms with Crippen molar-refractivity contribution in [3.05, 3.63) is 52.7 Å². The summed E-state index contributed by atoms with van der Waals surface area (Å²) in [6, 6.07) is 6.44. The number of carbonyl (C=O) groups excluding carboxylic acids is 1. The molecule has 1 aromatic heterocycles. The highest BCUT2D eigenvalue weighted by molar-refractivity contribution is 6.31.